The number of hydrogen-bond donors (Lipinski definition) is 3. The fourth-order valence-electron chi connectivity index (χ4n) is 0.0747. The summed E-state index contributed by atoms with van der Waals surface area (Å²) in [6.07, 6.45) is 0. The van der Waals surface area contributed by atoms with Gasteiger partial charge in [-0.3, -0.25) is 9.13 Å². The van der Waals surface area contributed by atoms with Gasteiger partial charge in [0.1, 0.15) is 0 Å². The van der Waals surface area contributed by atoms with Crippen LogP contribution in [0.25, 0.3) is 0 Å². The Labute approximate surface area is 63.6 Å². The molecule has 0 aromatic heterocycles. The van der Waals surface area contributed by atoms with Gasteiger partial charge in [-0.2, -0.15) is 0 Å². The van der Waals surface area contributed by atoms with Crippen LogP contribution in [0.5, 0.6) is 0 Å². The molecule has 5 N–H and O–H groups in total. The fraction of sp³-hybridized carbons (Fsp3) is 0. The average molecular weight is 218 g/mol. The molecule has 0 aliphatic heterocycles. The van der Waals surface area contributed by atoms with Crippen LogP contribution in [0.1, 0.15) is 0 Å². The minimum Gasteiger partial charge on any atom is -0.344 e. The summed E-state index contributed by atoms with van der Waals surface area (Å²) >= 11 is 0. The molecule has 0 heterocycles. The van der Waals surface area contributed by atoms with Gasteiger partial charge in [-0.05, 0) is 0 Å². The standard InChI is InChI=1S/Mn.H3N.H4O5P2/c;;1-6(2)5-7(3)4/h;1H3;6-7H,(H,1,2)(H,3,4). The van der Waals surface area contributed by atoms with Gasteiger partial charge in [-0.15, -0.1) is 0 Å². The summed E-state index contributed by atoms with van der Waals surface area (Å²) in [5, 5.41) is 0. The molecule has 0 aromatic carbocycles. The molecule has 0 spiro atoms. The van der Waals surface area contributed by atoms with E-state index in [-0.39, 0.29) is 23.2 Å². The van der Waals surface area contributed by atoms with Crippen molar-refractivity contribution in [1.82, 2.24) is 6.15 Å². The van der Waals surface area contributed by atoms with Crippen LogP contribution in [-0.2, 0) is 30.5 Å². The Balaban J connectivity index is -0.000000180. The van der Waals surface area contributed by atoms with Crippen LogP contribution in [0.2, 0.25) is 0 Å². The maximum atomic E-state index is 9.44. The Morgan fingerprint density at radius 2 is 1.33 bits per heavy atom. The Hall–Kier alpha value is 0.819. The van der Waals surface area contributed by atoms with Crippen molar-refractivity contribution >= 4 is 16.5 Å². The fourth-order valence-corrected chi connectivity index (χ4v) is 0.672. The van der Waals surface area contributed by atoms with Crippen LogP contribution in [0.15, 0.2) is 0 Å². The molecule has 59 valence electrons. The Morgan fingerprint density at radius 1 is 1.11 bits per heavy atom. The largest absolute Gasteiger partial charge is 0.344 e. The Morgan fingerprint density at radius 3 is 1.33 bits per heavy atom. The third-order valence-electron chi connectivity index (χ3n) is 0.175. The molecule has 0 aliphatic carbocycles. The molecule has 0 amide bonds. The topological polar surface area (TPSA) is 119 Å². The van der Waals surface area contributed by atoms with Crippen molar-refractivity contribution in [2.24, 2.45) is 0 Å². The molecule has 0 saturated carbocycles. The van der Waals surface area contributed by atoms with Gasteiger partial charge in [0.15, 0.2) is 0 Å². The maximum absolute atomic E-state index is 9.44. The zero-order valence-corrected chi connectivity index (χ0v) is 7.38. The second-order valence-corrected chi connectivity index (χ2v) is 2.51. The van der Waals surface area contributed by atoms with Crippen LogP contribution in [0.4, 0.5) is 0 Å². The predicted molar refractivity (Wildman–Crippen MR) is 28.5 cm³/mol. The van der Waals surface area contributed by atoms with Crippen molar-refractivity contribution < 1.29 is 40.3 Å². The van der Waals surface area contributed by atoms with E-state index in [2.05, 4.69) is 4.31 Å². The van der Waals surface area contributed by atoms with E-state index in [1.165, 1.54) is 0 Å². The summed E-state index contributed by atoms with van der Waals surface area (Å²) in [6.45, 7) is 0. The van der Waals surface area contributed by atoms with Crippen molar-refractivity contribution in [3.63, 3.8) is 0 Å². The molecule has 0 saturated heterocycles. The molecule has 0 aromatic rings. The van der Waals surface area contributed by atoms with E-state index in [4.69, 9.17) is 9.79 Å². The van der Waals surface area contributed by atoms with E-state index in [0.717, 1.165) is 0 Å². The minimum atomic E-state index is -3.20. The summed E-state index contributed by atoms with van der Waals surface area (Å²) in [7, 11) is -6.40. The van der Waals surface area contributed by atoms with Gasteiger partial charge in [0.2, 0.25) is 0 Å². The van der Waals surface area contributed by atoms with Crippen molar-refractivity contribution in [3.05, 3.63) is 0 Å². The quantitative estimate of drug-likeness (QED) is 0.440. The molecule has 0 rings (SSSR count). The molecule has 0 aliphatic rings. The van der Waals surface area contributed by atoms with E-state index in [0.29, 0.717) is 0 Å². The Kier molecular flexibility index (Phi) is 16.1. The molecular formula is H7MnNO5P2. The van der Waals surface area contributed by atoms with Gasteiger partial charge in [0, 0.05) is 17.1 Å². The van der Waals surface area contributed by atoms with Gasteiger partial charge >= 0.3 is 16.5 Å². The molecule has 9 heteroatoms. The minimum absolute atomic E-state index is 0. The van der Waals surface area contributed by atoms with Crippen molar-refractivity contribution in [3.8, 4) is 0 Å². The summed E-state index contributed by atoms with van der Waals surface area (Å²) in [5.74, 6) is 0. The third-order valence-corrected chi connectivity index (χ3v) is 1.57. The monoisotopic (exact) mass is 218 g/mol. The number of rotatable bonds is 2. The van der Waals surface area contributed by atoms with Crippen molar-refractivity contribution in [2.45, 2.75) is 0 Å². The van der Waals surface area contributed by atoms with Crippen molar-refractivity contribution in [1.29, 1.82) is 0 Å². The zero-order valence-electron chi connectivity index (χ0n) is 4.20. The van der Waals surface area contributed by atoms with Gasteiger partial charge in [-0.1, -0.05) is 0 Å². The molecule has 1 radical (unpaired) electrons. The first-order valence-electron chi connectivity index (χ1n) is 1.26. The molecule has 9 heavy (non-hydrogen) atoms. The van der Waals surface area contributed by atoms with Gasteiger partial charge in [-0.25, -0.2) is 4.31 Å². The molecule has 0 bridgehead atoms. The van der Waals surface area contributed by atoms with E-state index >= 15 is 0 Å². The summed E-state index contributed by atoms with van der Waals surface area (Å²) in [5.41, 5.74) is 0. The van der Waals surface area contributed by atoms with Crippen LogP contribution in [-0.4, -0.2) is 9.79 Å². The zero-order chi connectivity index (χ0) is 5.86. The first-order chi connectivity index (χ1) is 3.13. The predicted octanol–water partition coefficient (Wildman–Crippen LogP) is -0.0735. The van der Waals surface area contributed by atoms with Gasteiger partial charge in [0.25, 0.3) is 0 Å². The Bertz CT molecular complexity index is 91.1. The second kappa shape index (κ2) is 8.82. The second-order valence-electron chi connectivity index (χ2n) is 0.634. The van der Waals surface area contributed by atoms with E-state index in [9.17, 15) is 9.13 Å². The SMILES string of the molecule is N.O=[PH](O)O[PH](=O)O.[Mn]. The van der Waals surface area contributed by atoms with Crippen LogP contribution in [0.3, 0.4) is 0 Å². The van der Waals surface area contributed by atoms with Gasteiger partial charge < -0.3 is 15.9 Å². The van der Waals surface area contributed by atoms with Crippen LogP contribution >= 0.6 is 16.5 Å². The molecule has 2 atom stereocenters. The van der Waals surface area contributed by atoms with E-state index in [1.54, 1.807) is 0 Å². The van der Waals surface area contributed by atoms with Crippen LogP contribution < -0.4 is 6.15 Å². The summed E-state index contributed by atoms with van der Waals surface area (Å²) in [4.78, 5) is 15.4. The number of hydrogen-bond acceptors (Lipinski definition) is 4. The van der Waals surface area contributed by atoms with Crippen LogP contribution in [0, 0.1) is 0 Å². The first-order valence-corrected chi connectivity index (χ1v) is 3.79. The molecule has 0 fully saturated rings. The van der Waals surface area contributed by atoms with Crippen molar-refractivity contribution in [2.75, 3.05) is 0 Å². The summed E-state index contributed by atoms with van der Waals surface area (Å²) < 4.78 is 22.3. The third kappa shape index (κ3) is 17.7. The smallest absolute Gasteiger partial charge is 0.323 e. The maximum Gasteiger partial charge on any atom is 0.323 e. The van der Waals surface area contributed by atoms with E-state index < -0.39 is 16.5 Å². The van der Waals surface area contributed by atoms with E-state index in [1.807, 2.05) is 0 Å². The van der Waals surface area contributed by atoms with Gasteiger partial charge in [0.05, 0.1) is 0 Å². The average Bonchev–Trinajstić information content (AvgIpc) is 1.27. The molecule has 6 nitrogen and oxygen atoms in total. The first kappa shape index (κ1) is 16.4. The molecule has 2 unspecified atom stereocenters. The molecular weight excluding hydrogens is 211 g/mol. The normalized spacial score (nSPS) is 14.4. The summed E-state index contributed by atoms with van der Waals surface area (Å²) in [6, 6.07) is 0.